The lowest BCUT2D eigenvalue weighted by Gasteiger charge is -2.10. The van der Waals surface area contributed by atoms with Gasteiger partial charge in [0.1, 0.15) is 11.3 Å². The van der Waals surface area contributed by atoms with Crippen LogP contribution in [0.3, 0.4) is 0 Å². The lowest BCUT2D eigenvalue weighted by molar-refractivity contribution is 0.469. The summed E-state index contributed by atoms with van der Waals surface area (Å²) in [5.74, 6) is -1.16. The predicted molar refractivity (Wildman–Crippen MR) is 64.4 cm³/mol. The van der Waals surface area contributed by atoms with E-state index in [0.29, 0.717) is 22.3 Å². The first-order valence-electron chi connectivity index (χ1n) is 5.56. The number of benzene rings is 1. The van der Waals surface area contributed by atoms with Gasteiger partial charge in [-0.25, -0.2) is 8.78 Å². The molecule has 1 saturated carbocycles. The summed E-state index contributed by atoms with van der Waals surface area (Å²) >= 11 is 5.17. The molecule has 0 spiro atoms. The molecule has 90 valence electrons. The number of hydrogen-bond donors (Lipinski definition) is 1. The Bertz CT molecular complexity index is 652. The van der Waals surface area contributed by atoms with Crippen LogP contribution in [0.1, 0.15) is 19.8 Å². The molecule has 0 unspecified atom stereocenters. The summed E-state index contributed by atoms with van der Waals surface area (Å²) in [6, 6.07) is 2.20. The third-order valence-corrected chi connectivity index (χ3v) is 3.77. The average Bonchev–Trinajstić information content (AvgIpc) is 2.89. The molecule has 1 aromatic carbocycles. The van der Waals surface area contributed by atoms with Gasteiger partial charge in [0.15, 0.2) is 10.6 Å². The van der Waals surface area contributed by atoms with E-state index in [1.165, 1.54) is 6.07 Å². The lowest BCUT2D eigenvalue weighted by Crippen LogP contribution is -2.07. The van der Waals surface area contributed by atoms with Gasteiger partial charge in [-0.3, -0.25) is 0 Å². The maximum absolute atomic E-state index is 13.6. The molecule has 1 heterocycles. The number of aromatic amines is 1. The Morgan fingerprint density at radius 3 is 2.76 bits per heavy atom. The first kappa shape index (κ1) is 10.9. The van der Waals surface area contributed by atoms with E-state index in [1.807, 2.05) is 0 Å². The first-order valence-corrected chi connectivity index (χ1v) is 5.97. The maximum Gasteiger partial charge on any atom is 0.178 e. The first-order chi connectivity index (χ1) is 7.98. The molecular weight excluding hydrogens is 242 g/mol. The fourth-order valence-electron chi connectivity index (χ4n) is 2.09. The maximum atomic E-state index is 13.6. The molecule has 0 aliphatic heterocycles. The molecule has 0 atom stereocenters. The van der Waals surface area contributed by atoms with E-state index in [4.69, 9.17) is 12.2 Å². The molecule has 0 radical (unpaired) electrons. The molecule has 2 nitrogen and oxygen atoms in total. The summed E-state index contributed by atoms with van der Waals surface area (Å²) in [5.41, 5.74) is 1.04. The van der Waals surface area contributed by atoms with Gasteiger partial charge in [-0.2, -0.15) is 0 Å². The van der Waals surface area contributed by atoms with E-state index in [0.717, 1.165) is 18.9 Å². The molecule has 1 aromatic heterocycles. The van der Waals surface area contributed by atoms with Crippen LogP contribution in [-0.4, -0.2) is 9.55 Å². The van der Waals surface area contributed by atoms with Gasteiger partial charge in [-0.15, -0.1) is 0 Å². The molecule has 3 rings (SSSR count). The van der Waals surface area contributed by atoms with Crippen molar-refractivity contribution in [1.29, 1.82) is 0 Å². The standard InChI is InChI=1S/C12H12F2N2S/c1-12(2-3-12)6-16-9-5-7(13)4-8(14)10(9)15-11(16)17/h4-5H,2-3,6H2,1H3,(H,15,17). The Kier molecular flexibility index (Phi) is 2.17. The summed E-state index contributed by atoms with van der Waals surface area (Å²) in [6.07, 6.45) is 2.28. The second kappa shape index (κ2) is 3.38. The number of imidazole rings is 1. The quantitative estimate of drug-likeness (QED) is 0.809. The third-order valence-electron chi connectivity index (χ3n) is 3.45. The van der Waals surface area contributed by atoms with Gasteiger partial charge in [-0.1, -0.05) is 6.92 Å². The zero-order chi connectivity index (χ0) is 12.2. The number of hydrogen-bond acceptors (Lipinski definition) is 1. The average molecular weight is 254 g/mol. The zero-order valence-electron chi connectivity index (χ0n) is 9.39. The highest BCUT2D eigenvalue weighted by molar-refractivity contribution is 7.71. The summed E-state index contributed by atoms with van der Waals surface area (Å²) in [5, 5.41) is 0. The monoisotopic (exact) mass is 254 g/mol. The number of nitrogens with one attached hydrogen (secondary N) is 1. The van der Waals surface area contributed by atoms with Crippen molar-refractivity contribution in [2.24, 2.45) is 5.41 Å². The van der Waals surface area contributed by atoms with Crippen molar-refractivity contribution in [2.45, 2.75) is 26.3 Å². The lowest BCUT2D eigenvalue weighted by atomic mass is 10.1. The van der Waals surface area contributed by atoms with E-state index >= 15 is 0 Å². The van der Waals surface area contributed by atoms with E-state index in [2.05, 4.69) is 11.9 Å². The molecule has 5 heteroatoms. The highest BCUT2D eigenvalue weighted by Crippen LogP contribution is 2.46. The minimum Gasteiger partial charge on any atom is -0.328 e. The van der Waals surface area contributed by atoms with Crippen LogP contribution in [0, 0.1) is 21.8 Å². The van der Waals surface area contributed by atoms with Crippen molar-refractivity contribution < 1.29 is 8.78 Å². The minimum absolute atomic E-state index is 0.232. The van der Waals surface area contributed by atoms with Crippen LogP contribution >= 0.6 is 12.2 Å². The minimum atomic E-state index is -0.592. The van der Waals surface area contributed by atoms with Gasteiger partial charge in [-0.05, 0) is 36.5 Å². The van der Waals surface area contributed by atoms with Crippen LogP contribution in [-0.2, 0) is 6.54 Å². The Hall–Kier alpha value is -1.23. The molecule has 1 aliphatic carbocycles. The van der Waals surface area contributed by atoms with Crippen LogP contribution in [0.15, 0.2) is 12.1 Å². The number of fused-ring (bicyclic) bond motifs is 1. The third kappa shape index (κ3) is 1.78. The largest absolute Gasteiger partial charge is 0.328 e. The number of nitrogens with zero attached hydrogens (tertiary/aromatic N) is 1. The summed E-state index contributed by atoms with van der Waals surface area (Å²) < 4.78 is 29.0. The van der Waals surface area contributed by atoms with Gasteiger partial charge in [0.2, 0.25) is 0 Å². The van der Waals surface area contributed by atoms with Crippen molar-refractivity contribution in [3.63, 3.8) is 0 Å². The van der Waals surface area contributed by atoms with Crippen LogP contribution in [0.5, 0.6) is 0 Å². The van der Waals surface area contributed by atoms with Gasteiger partial charge >= 0.3 is 0 Å². The Balaban J connectivity index is 2.22. The van der Waals surface area contributed by atoms with Crippen LogP contribution in [0.25, 0.3) is 11.0 Å². The van der Waals surface area contributed by atoms with E-state index < -0.39 is 11.6 Å². The Morgan fingerprint density at radius 1 is 1.41 bits per heavy atom. The van der Waals surface area contributed by atoms with Crippen molar-refractivity contribution >= 4 is 23.3 Å². The Labute approximate surface area is 102 Å². The molecule has 1 N–H and O–H groups in total. The molecule has 1 fully saturated rings. The van der Waals surface area contributed by atoms with Gasteiger partial charge in [0.25, 0.3) is 0 Å². The van der Waals surface area contributed by atoms with Crippen LogP contribution < -0.4 is 0 Å². The number of aromatic nitrogens is 2. The molecule has 2 aromatic rings. The summed E-state index contributed by atoms with van der Waals surface area (Å²) in [6.45, 7) is 2.87. The Morgan fingerprint density at radius 2 is 2.12 bits per heavy atom. The predicted octanol–water partition coefficient (Wildman–Crippen LogP) is 3.78. The molecular formula is C12H12F2N2S. The normalized spacial score (nSPS) is 17.6. The fraction of sp³-hybridized carbons (Fsp3) is 0.417. The van der Waals surface area contributed by atoms with Gasteiger partial charge in [0, 0.05) is 12.6 Å². The van der Waals surface area contributed by atoms with Crippen molar-refractivity contribution in [2.75, 3.05) is 0 Å². The highest BCUT2D eigenvalue weighted by atomic mass is 32.1. The molecule has 0 saturated heterocycles. The molecule has 0 bridgehead atoms. The van der Waals surface area contributed by atoms with E-state index in [9.17, 15) is 8.78 Å². The van der Waals surface area contributed by atoms with Gasteiger partial charge < -0.3 is 9.55 Å². The summed E-state index contributed by atoms with van der Waals surface area (Å²) in [4.78, 5) is 2.81. The van der Waals surface area contributed by atoms with E-state index in [-0.39, 0.29) is 5.41 Å². The van der Waals surface area contributed by atoms with Gasteiger partial charge in [0.05, 0.1) is 5.52 Å². The van der Waals surface area contributed by atoms with Crippen molar-refractivity contribution in [1.82, 2.24) is 9.55 Å². The highest BCUT2D eigenvalue weighted by Gasteiger charge is 2.38. The number of rotatable bonds is 2. The van der Waals surface area contributed by atoms with Crippen molar-refractivity contribution in [3.8, 4) is 0 Å². The summed E-state index contributed by atoms with van der Waals surface area (Å²) in [7, 11) is 0. The van der Waals surface area contributed by atoms with Crippen LogP contribution in [0.2, 0.25) is 0 Å². The fourth-order valence-corrected chi connectivity index (χ4v) is 2.36. The number of halogens is 2. The zero-order valence-corrected chi connectivity index (χ0v) is 10.2. The smallest absolute Gasteiger partial charge is 0.178 e. The van der Waals surface area contributed by atoms with Crippen LogP contribution in [0.4, 0.5) is 8.78 Å². The molecule has 0 amide bonds. The SMILES string of the molecule is CC1(Cn2c(=S)[nH]c3c(F)cc(F)cc32)CC1. The molecule has 17 heavy (non-hydrogen) atoms. The number of H-pyrrole nitrogens is 1. The van der Waals surface area contributed by atoms with Crippen molar-refractivity contribution in [3.05, 3.63) is 28.5 Å². The second-order valence-corrected chi connectivity index (χ2v) is 5.50. The molecule has 1 aliphatic rings. The van der Waals surface area contributed by atoms with E-state index in [1.54, 1.807) is 4.57 Å². The topological polar surface area (TPSA) is 20.7 Å². The second-order valence-electron chi connectivity index (χ2n) is 5.11.